The van der Waals surface area contributed by atoms with E-state index >= 15 is 0 Å². The van der Waals surface area contributed by atoms with Crippen LogP contribution in [0.2, 0.25) is 0 Å². The minimum atomic E-state index is 0.238. The van der Waals surface area contributed by atoms with Gasteiger partial charge in [-0.3, -0.25) is 0 Å². The monoisotopic (exact) mass is 222 g/mol. The summed E-state index contributed by atoms with van der Waals surface area (Å²) in [5.74, 6) is 0.742. The molecule has 1 aromatic heterocycles. The van der Waals surface area contributed by atoms with Gasteiger partial charge in [0, 0.05) is 18.3 Å². The number of nitrogens with zero attached hydrogens (tertiary/aromatic N) is 1. The minimum absolute atomic E-state index is 0.238. The predicted octanol–water partition coefficient (Wildman–Crippen LogP) is 2.68. The summed E-state index contributed by atoms with van der Waals surface area (Å²) in [6.07, 6.45) is 2.44. The second kappa shape index (κ2) is 6.48. The molecular weight excluding hydrogens is 200 g/mol. The summed E-state index contributed by atoms with van der Waals surface area (Å²) in [5, 5.41) is 3.13. The van der Waals surface area contributed by atoms with Gasteiger partial charge in [0.15, 0.2) is 0 Å². The van der Waals surface area contributed by atoms with Crippen molar-refractivity contribution in [2.75, 3.05) is 7.05 Å². The lowest BCUT2D eigenvalue weighted by Gasteiger charge is -2.14. The number of rotatable bonds is 6. The first-order chi connectivity index (χ1) is 7.65. The quantitative estimate of drug-likeness (QED) is 0.803. The number of aryl methyl sites for hydroxylation is 1. The molecule has 16 heavy (non-hydrogen) atoms. The van der Waals surface area contributed by atoms with Gasteiger partial charge in [0.25, 0.3) is 0 Å². The van der Waals surface area contributed by atoms with E-state index in [1.807, 2.05) is 20.0 Å². The van der Waals surface area contributed by atoms with Crippen LogP contribution in [-0.2, 0) is 6.54 Å². The average Bonchev–Trinajstić information content (AvgIpc) is 2.17. The van der Waals surface area contributed by atoms with E-state index in [9.17, 15) is 0 Å². The molecule has 0 aliphatic rings. The first-order valence-corrected chi connectivity index (χ1v) is 5.94. The zero-order chi connectivity index (χ0) is 12.0. The smallest absolute Gasteiger partial charge is 0.214 e. The molecule has 3 nitrogen and oxygen atoms in total. The van der Waals surface area contributed by atoms with Gasteiger partial charge in [-0.25, -0.2) is 4.98 Å². The Hall–Kier alpha value is -1.09. The van der Waals surface area contributed by atoms with E-state index in [4.69, 9.17) is 4.74 Å². The van der Waals surface area contributed by atoms with Gasteiger partial charge in [0.2, 0.25) is 5.88 Å². The minimum Gasteiger partial charge on any atom is -0.475 e. The third kappa shape index (κ3) is 4.19. The highest BCUT2D eigenvalue weighted by Crippen LogP contribution is 2.15. The summed E-state index contributed by atoms with van der Waals surface area (Å²) >= 11 is 0. The van der Waals surface area contributed by atoms with Crippen LogP contribution in [0.15, 0.2) is 12.1 Å². The van der Waals surface area contributed by atoms with Gasteiger partial charge in [-0.05, 0) is 38.9 Å². The van der Waals surface area contributed by atoms with Crippen LogP contribution in [0.4, 0.5) is 0 Å². The molecule has 90 valence electrons. The molecule has 1 aromatic rings. The van der Waals surface area contributed by atoms with Crippen LogP contribution in [0.3, 0.4) is 0 Å². The standard InChI is InChI=1S/C13H22N2O/c1-5-6-11(3)16-13-8-12(9-14-4)7-10(2)15-13/h7-8,11,14H,5-6,9H2,1-4H3. The van der Waals surface area contributed by atoms with E-state index < -0.39 is 0 Å². The highest BCUT2D eigenvalue weighted by molar-refractivity contribution is 5.24. The lowest BCUT2D eigenvalue weighted by atomic mass is 10.2. The average molecular weight is 222 g/mol. The molecule has 1 N–H and O–H groups in total. The summed E-state index contributed by atoms with van der Waals surface area (Å²) in [6.45, 7) is 7.10. The van der Waals surface area contributed by atoms with Gasteiger partial charge in [-0.15, -0.1) is 0 Å². The molecule has 1 atom stereocenters. The number of pyridine rings is 1. The van der Waals surface area contributed by atoms with Crippen molar-refractivity contribution < 1.29 is 4.74 Å². The molecular formula is C13H22N2O. The summed E-state index contributed by atoms with van der Waals surface area (Å²) in [6, 6.07) is 4.09. The summed E-state index contributed by atoms with van der Waals surface area (Å²) in [7, 11) is 1.94. The van der Waals surface area contributed by atoms with E-state index in [0.717, 1.165) is 31.0 Å². The Labute approximate surface area is 98.2 Å². The Morgan fingerprint density at radius 1 is 1.44 bits per heavy atom. The van der Waals surface area contributed by atoms with Crippen LogP contribution in [-0.4, -0.2) is 18.1 Å². The Bertz CT molecular complexity index is 326. The fourth-order valence-electron chi connectivity index (χ4n) is 1.75. The first kappa shape index (κ1) is 13.0. The van der Waals surface area contributed by atoms with Gasteiger partial charge >= 0.3 is 0 Å². The van der Waals surface area contributed by atoms with Gasteiger partial charge in [0.1, 0.15) is 0 Å². The molecule has 0 aliphatic carbocycles. The Kier molecular flexibility index (Phi) is 5.26. The molecule has 1 unspecified atom stereocenters. The molecule has 0 aliphatic heterocycles. The Balaban J connectivity index is 2.71. The summed E-state index contributed by atoms with van der Waals surface area (Å²) in [5.41, 5.74) is 2.22. The van der Waals surface area contributed by atoms with E-state index in [0.29, 0.717) is 0 Å². The van der Waals surface area contributed by atoms with Crippen LogP contribution >= 0.6 is 0 Å². The third-order valence-corrected chi connectivity index (χ3v) is 2.39. The van der Waals surface area contributed by atoms with Crippen LogP contribution < -0.4 is 10.1 Å². The maximum absolute atomic E-state index is 5.78. The molecule has 1 rings (SSSR count). The molecule has 0 saturated heterocycles. The molecule has 0 saturated carbocycles. The third-order valence-electron chi connectivity index (χ3n) is 2.39. The molecule has 0 fully saturated rings. The van der Waals surface area contributed by atoms with Crippen molar-refractivity contribution in [2.45, 2.75) is 46.3 Å². The zero-order valence-corrected chi connectivity index (χ0v) is 10.7. The molecule has 3 heteroatoms. The lowest BCUT2D eigenvalue weighted by molar-refractivity contribution is 0.201. The number of aromatic nitrogens is 1. The van der Waals surface area contributed by atoms with E-state index in [1.54, 1.807) is 0 Å². The SMILES string of the molecule is CCCC(C)Oc1cc(CNC)cc(C)n1. The predicted molar refractivity (Wildman–Crippen MR) is 66.7 cm³/mol. The van der Waals surface area contributed by atoms with Crippen LogP contribution in [0.1, 0.15) is 37.9 Å². The lowest BCUT2D eigenvalue weighted by Crippen LogP contribution is -2.13. The number of hydrogen-bond donors (Lipinski definition) is 1. The molecule has 0 spiro atoms. The summed E-state index contributed by atoms with van der Waals surface area (Å²) in [4.78, 5) is 4.39. The molecule has 1 heterocycles. The number of hydrogen-bond acceptors (Lipinski definition) is 3. The second-order valence-electron chi connectivity index (χ2n) is 4.20. The number of nitrogens with one attached hydrogen (secondary N) is 1. The van der Waals surface area contributed by atoms with Crippen LogP contribution in [0, 0.1) is 6.92 Å². The maximum atomic E-state index is 5.78. The highest BCUT2D eigenvalue weighted by Gasteiger charge is 2.05. The highest BCUT2D eigenvalue weighted by atomic mass is 16.5. The number of ether oxygens (including phenoxy) is 1. The van der Waals surface area contributed by atoms with E-state index in [2.05, 4.69) is 30.2 Å². The van der Waals surface area contributed by atoms with Crippen molar-refractivity contribution in [1.82, 2.24) is 10.3 Å². The van der Waals surface area contributed by atoms with Gasteiger partial charge in [-0.1, -0.05) is 13.3 Å². The molecule has 0 amide bonds. The van der Waals surface area contributed by atoms with E-state index in [1.165, 1.54) is 5.56 Å². The molecule has 0 bridgehead atoms. The Morgan fingerprint density at radius 2 is 2.19 bits per heavy atom. The molecule has 0 radical (unpaired) electrons. The van der Waals surface area contributed by atoms with Gasteiger partial charge in [-0.2, -0.15) is 0 Å². The molecule has 0 aromatic carbocycles. The Morgan fingerprint density at radius 3 is 2.81 bits per heavy atom. The van der Waals surface area contributed by atoms with Crippen molar-refractivity contribution in [3.05, 3.63) is 23.4 Å². The fourth-order valence-corrected chi connectivity index (χ4v) is 1.75. The van der Waals surface area contributed by atoms with Gasteiger partial charge < -0.3 is 10.1 Å². The second-order valence-corrected chi connectivity index (χ2v) is 4.20. The first-order valence-electron chi connectivity index (χ1n) is 5.94. The normalized spacial score (nSPS) is 12.5. The van der Waals surface area contributed by atoms with Gasteiger partial charge in [0.05, 0.1) is 6.10 Å². The zero-order valence-electron chi connectivity index (χ0n) is 10.7. The van der Waals surface area contributed by atoms with Crippen molar-refractivity contribution in [1.29, 1.82) is 0 Å². The van der Waals surface area contributed by atoms with E-state index in [-0.39, 0.29) is 6.10 Å². The largest absolute Gasteiger partial charge is 0.475 e. The van der Waals surface area contributed by atoms with Crippen LogP contribution in [0.25, 0.3) is 0 Å². The van der Waals surface area contributed by atoms with Crippen molar-refractivity contribution in [3.8, 4) is 5.88 Å². The summed E-state index contributed by atoms with van der Waals surface area (Å²) < 4.78 is 5.78. The van der Waals surface area contributed by atoms with Crippen molar-refractivity contribution in [3.63, 3.8) is 0 Å². The maximum Gasteiger partial charge on any atom is 0.214 e. The topological polar surface area (TPSA) is 34.1 Å². The van der Waals surface area contributed by atoms with Crippen molar-refractivity contribution >= 4 is 0 Å². The van der Waals surface area contributed by atoms with Crippen LogP contribution in [0.5, 0.6) is 5.88 Å². The fraction of sp³-hybridized carbons (Fsp3) is 0.615. The van der Waals surface area contributed by atoms with Crippen molar-refractivity contribution in [2.24, 2.45) is 0 Å².